The minimum Gasteiger partial charge on any atom is -0.494 e. The number of thiophene rings is 1. The molecule has 0 bridgehead atoms. The Morgan fingerprint density at radius 3 is 2.52 bits per heavy atom. The fourth-order valence-electron chi connectivity index (χ4n) is 3.12. The average molecular weight is 438 g/mol. The number of carbonyl (C=O) groups is 2. The molecule has 1 aromatic heterocycles. The first kappa shape index (κ1) is 22.6. The second-order valence-corrected chi connectivity index (χ2v) is 8.14. The topological polar surface area (TPSA) is 64.6 Å². The van der Waals surface area contributed by atoms with E-state index in [0.717, 1.165) is 28.0 Å². The van der Waals surface area contributed by atoms with Crippen molar-refractivity contribution >= 4 is 28.2 Å². The summed E-state index contributed by atoms with van der Waals surface area (Å²) in [5.74, 6) is 0.208. The Hall–Kier alpha value is -3.12. The van der Waals surface area contributed by atoms with Crippen molar-refractivity contribution in [2.75, 3.05) is 18.5 Å². The molecule has 2 aromatic carbocycles. The Bertz CT molecular complexity index is 1040. The minimum absolute atomic E-state index is 0.157. The van der Waals surface area contributed by atoms with E-state index in [2.05, 4.69) is 5.32 Å². The van der Waals surface area contributed by atoms with Crippen LogP contribution in [0.3, 0.4) is 0 Å². The van der Waals surface area contributed by atoms with E-state index in [0.29, 0.717) is 30.0 Å². The Morgan fingerprint density at radius 2 is 1.81 bits per heavy atom. The molecule has 1 heterocycles. The number of amides is 1. The van der Waals surface area contributed by atoms with Crippen LogP contribution in [0.1, 0.15) is 41.3 Å². The van der Waals surface area contributed by atoms with Gasteiger partial charge in [0.05, 0.1) is 13.2 Å². The zero-order valence-electron chi connectivity index (χ0n) is 18.1. The van der Waals surface area contributed by atoms with Gasteiger partial charge in [-0.25, -0.2) is 4.79 Å². The molecule has 0 radical (unpaired) electrons. The SMILES string of the molecule is CCOC(=O)c1c(-c2ccc(C)cc2)csc1NC(=O)CCCOc1cccc(C)c1. The number of hydrogen-bond acceptors (Lipinski definition) is 5. The molecule has 0 aliphatic rings. The normalized spacial score (nSPS) is 10.5. The summed E-state index contributed by atoms with van der Waals surface area (Å²) in [5, 5.41) is 5.28. The number of esters is 1. The third-order valence-corrected chi connectivity index (χ3v) is 5.59. The van der Waals surface area contributed by atoms with Crippen molar-refractivity contribution in [3.8, 4) is 16.9 Å². The van der Waals surface area contributed by atoms with Crippen LogP contribution in [0.5, 0.6) is 5.75 Å². The van der Waals surface area contributed by atoms with Gasteiger partial charge >= 0.3 is 5.97 Å². The lowest BCUT2D eigenvalue weighted by Gasteiger charge is -2.10. The van der Waals surface area contributed by atoms with Crippen LogP contribution in [0.4, 0.5) is 5.00 Å². The predicted molar refractivity (Wildman–Crippen MR) is 125 cm³/mol. The quantitative estimate of drug-likeness (QED) is 0.329. The molecular weight excluding hydrogens is 410 g/mol. The summed E-state index contributed by atoms with van der Waals surface area (Å²) in [6, 6.07) is 15.7. The number of carbonyl (C=O) groups excluding carboxylic acids is 2. The molecule has 1 N–H and O–H groups in total. The van der Waals surface area contributed by atoms with Gasteiger partial charge in [0.2, 0.25) is 5.91 Å². The van der Waals surface area contributed by atoms with Crippen molar-refractivity contribution in [2.24, 2.45) is 0 Å². The second kappa shape index (κ2) is 10.8. The molecule has 0 spiro atoms. The molecule has 3 aromatic rings. The van der Waals surface area contributed by atoms with E-state index in [1.807, 2.05) is 67.8 Å². The van der Waals surface area contributed by atoms with E-state index in [1.54, 1.807) is 6.92 Å². The number of aryl methyl sites for hydroxylation is 2. The van der Waals surface area contributed by atoms with Gasteiger partial charge in [-0.1, -0.05) is 42.0 Å². The molecule has 6 heteroatoms. The van der Waals surface area contributed by atoms with Gasteiger partial charge in [0.25, 0.3) is 0 Å². The largest absolute Gasteiger partial charge is 0.494 e. The van der Waals surface area contributed by atoms with Crippen molar-refractivity contribution in [3.63, 3.8) is 0 Å². The molecular formula is C25H27NO4S. The van der Waals surface area contributed by atoms with Gasteiger partial charge in [0, 0.05) is 17.4 Å². The van der Waals surface area contributed by atoms with Crippen LogP contribution in [0, 0.1) is 13.8 Å². The van der Waals surface area contributed by atoms with E-state index in [-0.39, 0.29) is 12.5 Å². The molecule has 0 aliphatic heterocycles. The highest BCUT2D eigenvalue weighted by atomic mass is 32.1. The van der Waals surface area contributed by atoms with Gasteiger partial charge in [-0.05, 0) is 50.5 Å². The lowest BCUT2D eigenvalue weighted by molar-refractivity contribution is -0.116. The zero-order valence-corrected chi connectivity index (χ0v) is 18.9. The Kier molecular flexibility index (Phi) is 7.84. The third-order valence-electron chi connectivity index (χ3n) is 4.69. The lowest BCUT2D eigenvalue weighted by Crippen LogP contribution is -2.15. The molecule has 31 heavy (non-hydrogen) atoms. The lowest BCUT2D eigenvalue weighted by atomic mass is 10.0. The van der Waals surface area contributed by atoms with Crippen LogP contribution in [-0.2, 0) is 9.53 Å². The molecule has 0 atom stereocenters. The Balaban J connectivity index is 1.65. The van der Waals surface area contributed by atoms with Crippen LogP contribution >= 0.6 is 11.3 Å². The fraction of sp³-hybridized carbons (Fsp3) is 0.280. The van der Waals surface area contributed by atoms with Gasteiger partial charge in [-0.2, -0.15) is 0 Å². The van der Waals surface area contributed by atoms with Crippen LogP contribution in [0.25, 0.3) is 11.1 Å². The summed E-state index contributed by atoms with van der Waals surface area (Å²) in [5.41, 5.74) is 4.35. The van der Waals surface area contributed by atoms with Crippen molar-refractivity contribution in [1.82, 2.24) is 0 Å². The highest BCUT2D eigenvalue weighted by molar-refractivity contribution is 7.15. The summed E-state index contributed by atoms with van der Waals surface area (Å²) in [6.07, 6.45) is 0.872. The summed E-state index contributed by atoms with van der Waals surface area (Å²) in [6.45, 7) is 6.50. The monoisotopic (exact) mass is 437 g/mol. The predicted octanol–water partition coefficient (Wildman–Crippen LogP) is 6.01. The molecule has 0 aliphatic carbocycles. The molecule has 3 rings (SSSR count). The Morgan fingerprint density at radius 1 is 1.03 bits per heavy atom. The van der Waals surface area contributed by atoms with Gasteiger partial charge in [0.1, 0.15) is 16.3 Å². The summed E-state index contributed by atoms with van der Waals surface area (Å²) in [4.78, 5) is 25.1. The molecule has 5 nitrogen and oxygen atoms in total. The number of anilines is 1. The molecule has 0 fully saturated rings. The standard InChI is InChI=1S/C25H27NO4S/c1-4-29-25(28)23-21(19-12-10-17(2)11-13-19)16-31-24(23)26-22(27)9-6-14-30-20-8-5-7-18(3)15-20/h5,7-8,10-13,15-16H,4,6,9,14H2,1-3H3,(H,26,27). The second-order valence-electron chi connectivity index (χ2n) is 7.26. The first-order chi connectivity index (χ1) is 15.0. The van der Waals surface area contributed by atoms with Crippen LogP contribution < -0.4 is 10.1 Å². The maximum atomic E-state index is 12.6. The van der Waals surface area contributed by atoms with Crippen molar-refractivity contribution < 1.29 is 19.1 Å². The van der Waals surface area contributed by atoms with E-state index in [4.69, 9.17) is 9.47 Å². The average Bonchev–Trinajstić information content (AvgIpc) is 3.15. The molecule has 0 unspecified atom stereocenters. The number of rotatable bonds is 9. The first-order valence-electron chi connectivity index (χ1n) is 10.3. The number of hydrogen-bond donors (Lipinski definition) is 1. The van der Waals surface area contributed by atoms with Gasteiger partial charge in [-0.3, -0.25) is 4.79 Å². The third kappa shape index (κ3) is 6.18. The number of nitrogens with one attached hydrogen (secondary N) is 1. The van der Waals surface area contributed by atoms with Crippen molar-refractivity contribution in [2.45, 2.75) is 33.6 Å². The van der Waals surface area contributed by atoms with Crippen LogP contribution in [0.15, 0.2) is 53.9 Å². The first-order valence-corrected chi connectivity index (χ1v) is 11.2. The summed E-state index contributed by atoms with van der Waals surface area (Å²) >= 11 is 1.33. The molecule has 0 saturated carbocycles. The van der Waals surface area contributed by atoms with E-state index in [9.17, 15) is 9.59 Å². The molecule has 162 valence electrons. The number of ether oxygens (including phenoxy) is 2. The van der Waals surface area contributed by atoms with Gasteiger partial charge in [-0.15, -0.1) is 11.3 Å². The Labute approximate surface area is 187 Å². The minimum atomic E-state index is -0.433. The maximum absolute atomic E-state index is 12.6. The van der Waals surface area contributed by atoms with Crippen LogP contribution in [0.2, 0.25) is 0 Å². The van der Waals surface area contributed by atoms with Crippen LogP contribution in [-0.4, -0.2) is 25.1 Å². The zero-order chi connectivity index (χ0) is 22.2. The van der Waals surface area contributed by atoms with Crippen molar-refractivity contribution in [1.29, 1.82) is 0 Å². The highest BCUT2D eigenvalue weighted by Gasteiger charge is 2.22. The fourth-order valence-corrected chi connectivity index (χ4v) is 4.09. The summed E-state index contributed by atoms with van der Waals surface area (Å²) < 4.78 is 10.9. The maximum Gasteiger partial charge on any atom is 0.341 e. The van der Waals surface area contributed by atoms with Gasteiger partial charge in [0.15, 0.2) is 0 Å². The van der Waals surface area contributed by atoms with E-state index in [1.165, 1.54) is 11.3 Å². The van der Waals surface area contributed by atoms with E-state index >= 15 is 0 Å². The number of benzene rings is 2. The molecule has 1 amide bonds. The van der Waals surface area contributed by atoms with Gasteiger partial charge < -0.3 is 14.8 Å². The smallest absolute Gasteiger partial charge is 0.341 e. The molecule has 0 saturated heterocycles. The van der Waals surface area contributed by atoms with Crippen molar-refractivity contribution in [3.05, 3.63) is 70.6 Å². The van der Waals surface area contributed by atoms with E-state index < -0.39 is 5.97 Å². The highest BCUT2D eigenvalue weighted by Crippen LogP contribution is 2.36. The summed E-state index contributed by atoms with van der Waals surface area (Å²) in [7, 11) is 0.